The fraction of sp³-hybridized carbons (Fsp3) is 0.133. The molecule has 1 aromatic heterocycles. The summed E-state index contributed by atoms with van der Waals surface area (Å²) in [5.74, 6) is -0.482. The number of nitrogens with one attached hydrogen (secondary N) is 1. The van der Waals surface area contributed by atoms with E-state index >= 15 is 0 Å². The molecule has 0 radical (unpaired) electrons. The summed E-state index contributed by atoms with van der Waals surface area (Å²) >= 11 is 1.33. The minimum atomic E-state index is -0.652. The van der Waals surface area contributed by atoms with Crippen LogP contribution >= 0.6 is 11.3 Å². The molecule has 0 unspecified atom stereocenters. The molecule has 106 valence electrons. The van der Waals surface area contributed by atoms with Gasteiger partial charge in [-0.1, -0.05) is 24.8 Å². The van der Waals surface area contributed by atoms with Crippen LogP contribution in [0.25, 0.3) is 5.70 Å². The number of anilines is 1. The zero-order valence-corrected chi connectivity index (χ0v) is 12.2. The molecule has 21 heavy (non-hydrogen) atoms. The van der Waals surface area contributed by atoms with Gasteiger partial charge in [0.1, 0.15) is 6.04 Å². The van der Waals surface area contributed by atoms with Crippen LogP contribution in [0.3, 0.4) is 0 Å². The predicted molar refractivity (Wildman–Crippen MR) is 81.9 cm³/mol. The van der Waals surface area contributed by atoms with E-state index in [2.05, 4.69) is 16.9 Å². The van der Waals surface area contributed by atoms with Crippen LogP contribution in [0.5, 0.6) is 0 Å². The normalized spacial score (nSPS) is 15.0. The lowest BCUT2D eigenvalue weighted by atomic mass is 10.1. The maximum atomic E-state index is 12.4. The highest BCUT2D eigenvalue weighted by atomic mass is 32.1. The lowest BCUT2D eigenvalue weighted by molar-refractivity contribution is -0.119. The van der Waals surface area contributed by atoms with Crippen molar-refractivity contribution in [3.8, 4) is 0 Å². The van der Waals surface area contributed by atoms with Crippen molar-refractivity contribution in [2.24, 2.45) is 0 Å². The van der Waals surface area contributed by atoms with Gasteiger partial charge < -0.3 is 5.32 Å². The lowest BCUT2D eigenvalue weighted by Crippen LogP contribution is -2.41. The quantitative estimate of drug-likeness (QED) is 0.947. The van der Waals surface area contributed by atoms with Crippen LogP contribution in [0.2, 0.25) is 0 Å². The molecule has 1 atom stereocenters. The van der Waals surface area contributed by atoms with Gasteiger partial charge in [-0.15, -0.1) is 11.3 Å². The fourth-order valence-electron chi connectivity index (χ4n) is 2.33. The van der Waals surface area contributed by atoms with Gasteiger partial charge in [0.25, 0.3) is 5.91 Å². The number of aromatic nitrogens is 1. The van der Waals surface area contributed by atoms with Crippen LogP contribution in [0, 0.1) is 0 Å². The van der Waals surface area contributed by atoms with Crippen molar-refractivity contribution < 1.29 is 9.59 Å². The first kappa shape index (κ1) is 13.5. The van der Waals surface area contributed by atoms with E-state index in [1.54, 1.807) is 30.6 Å². The summed E-state index contributed by atoms with van der Waals surface area (Å²) < 4.78 is 0. The molecule has 0 aliphatic carbocycles. The van der Waals surface area contributed by atoms with Gasteiger partial charge in [-0.3, -0.25) is 14.5 Å². The van der Waals surface area contributed by atoms with Crippen LogP contribution in [0.15, 0.2) is 42.4 Å². The van der Waals surface area contributed by atoms with Crippen LogP contribution in [-0.2, 0) is 4.79 Å². The standard InChI is InChI=1S/C15H13N3O2S/c1-9-11-5-3-4-6-12(11)14(20)18(9)10(2)13(19)17-15-16-7-8-21-15/h3-8,10H,1H2,2H3,(H,16,17,19)/t10-/m1/s1. The Morgan fingerprint density at radius 1 is 1.38 bits per heavy atom. The summed E-state index contributed by atoms with van der Waals surface area (Å²) in [6, 6.07) is 6.57. The number of hydrogen-bond donors (Lipinski definition) is 1. The van der Waals surface area contributed by atoms with Gasteiger partial charge in [-0.2, -0.15) is 0 Å². The molecule has 0 saturated carbocycles. The number of amides is 2. The second-order valence-electron chi connectivity index (χ2n) is 4.67. The number of hydrogen-bond acceptors (Lipinski definition) is 4. The molecule has 2 amide bonds. The highest BCUT2D eigenvalue weighted by molar-refractivity contribution is 7.13. The van der Waals surface area contributed by atoms with E-state index in [1.165, 1.54) is 16.2 Å². The van der Waals surface area contributed by atoms with Gasteiger partial charge in [-0.25, -0.2) is 4.98 Å². The molecule has 0 fully saturated rings. The Morgan fingerprint density at radius 2 is 2.10 bits per heavy atom. The average molecular weight is 299 g/mol. The molecule has 2 heterocycles. The Labute approximate surface area is 125 Å². The summed E-state index contributed by atoms with van der Waals surface area (Å²) in [5.41, 5.74) is 1.91. The van der Waals surface area contributed by atoms with Gasteiger partial charge in [0, 0.05) is 28.4 Å². The first-order chi connectivity index (χ1) is 10.1. The van der Waals surface area contributed by atoms with Gasteiger partial charge >= 0.3 is 0 Å². The van der Waals surface area contributed by atoms with E-state index in [0.717, 1.165) is 5.56 Å². The summed E-state index contributed by atoms with van der Waals surface area (Å²) in [5, 5.41) is 4.99. The Kier molecular flexibility index (Phi) is 3.31. The second kappa shape index (κ2) is 5.14. The van der Waals surface area contributed by atoms with Crippen molar-refractivity contribution in [2.45, 2.75) is 13.0 Å². The predicted octanol–water partition coefficient (Wildman–Crippen LogP) is 2.60. The number of rotatable bonds is 3. The van der Waals surface area contributed by atoms with Gasteiger partial charge in [-0.05, 0) is 13.0 Å². The minimum absolute atomic E-state index is 0.197. The Balaban J connectivity index is 1.83. The van der Waals surface area contributed by atoms with Crippen LogP contribution in [0.4, 0.5) is 5.13 Å². The molecule has 5 nitrogen and oxygen atoms in total. The topological polar surface area (TPSA) is 62.3 Å². The third-order valence-electron chi connectivity index (χ3n) is 3.41. The van der Waals surface area contributed by atoms with Crippen molar-refractivity contribution in [1.29, 1.82) is 0 Å². The van der Waals surface area contributed by atoms with Gasteiger partial charge in [0.15, 0.2) is 5.13 Å². The Bertz CT molecular complexity index is 689. The summed E-state index contributed by atoms with van der Waals surface area (Å²) in [6.45, 7) is 5.62. The van der Waals surface area contributed by atoms with Crippen LogP contribution < -0.4 is 5.32 Å². The molecule has 0 saturated heterocycles. The molecular weight excluding hydrogens is 286 g/mol. The molecule has 0 spiro atoms. The van der Waals surface area contributed by atoms with Crippen molar-refractivity contribution >= 4 is 34.0 Å². The smallest absolute Gasteiger partial charge is 0.259 e. The number of carbonyl (C=O) groups excluding carboxylic acids is 2. The Morgan fingerprint density at radius 3 is 2.71 bits per heavy atom. The fourth-order valence-corrected chi connectivity index (χ4v) is 2.86. The molecular formula is C15H13N3O2S. The van der Waals surface area contributed by atoms with Crippen molar-refractivity contribution in [1.82, 2.24) is 9.88 Å². The van der Waals surface area contributed by atoms with Crippen LogP contribution in [0.1, 0.15) is 22.8 Å². The molecule has 1 aliphatic heterocycles. The first-order valence-corrected chi connectivity index (χ1v) is 7.30. The average Bonchev–Trinajstić information content (AvgIpc) is 3.07. The van der Waals surface area contributed by atoms with E-state index in [9.17, 15) is 9.59 Å². The highest BCUT2D eigenvalue weighted by Crippen LogP contribution is 2.33. The number of nitrogens with zero attached hydrogens (tertiary/aromatic N) is 2. The van der Waals surface area contributed by atoms with E-state index in [0.29, 0.717) is 16.4 Å². The second-order valence-corrected chi connectivity index (χ2v) is 5.56. The molecule has 6 heteroatoms. The molecule has 2 aromatic rings. The van der Waals surface area contributed by atoms with Gasteiger partial charge in [0.2, 0.25) is 5.91 Å². The number of carbonyl (C=O) groups is 2. The maximum Gasteiger partial charge on any atom is 0.259 e. The van der Waals surface area contributed by atoms with E-state index in [4.69, 9.17) is 0 Å². The number of fused-ring (bicyclic) bond motifs is 1. The maximum absolute atomic E-state index is 12.4. The first-order valence-electron chi connectivity index (χ1n) is 6.42. The molecule has 1 N–H and O–H groups in total. The SMILES string of the molecule is C=C1c2ccccc2C(=O)N1[C@H](C)C(=O)Nc1nccs1. The third-order valence-corrected chi connectivity index (χ3v) is 4.10. The lowest BCUT2D eigenvalue weighted by Gasteiger charge is -2.24. The third kappa shape index (κ3) is 2.23. The van der Waals surface area contributed by atoms with Crippen LogP contribution in [-0.4, -0.2) is 27.7 Å². The molecule has 0 bridgehead atoms. The van der Waals surface area contributed by atoms with Crippen molar-refractivity contribution in [3.05, 3.63) is 53.5 Å². The zero-order chi connectivity index (χ0) is 15.0. The van der Waals surface area contributed by atoms with E-state index in [-0.39, 0.29) is 11.8 Å². The number of benzene rings is 1. The van der Waals surface area contributed by atoms with Gasteiger partial charge in [0.05, 0.1) is 0 Å². The molecule has 3 rings (SSSR count). The largest absolute Gasteiger partial charge is 0.300 e. The van der Waals surface area contributed by atoms with Crippen molar-refractivity contribution in [2.75, 3.05) is 5.32 Å². The monoisotopic (exact) mass is 299 g/mol. The highest BCUT2D eigenvalue weighted by Gasteiger charge is 2.36. The zero-order valence-electron chi connectivity index (χ0n) is 11.4. The minimum Gasteiger partial charge on any atom is -0.300 e. The van der Waals surface area contributed by atoms with Crippen molar-refractivity contribution in [3.63, 3.8) is 0 Å². The van der Waals surface area contributed by atoms with E-state index < -0.39 is 6.04 Å². The number of thiazole rings is 1. The molecule has 1 aromatic carbocycles. The molecule has 1 aliphatic rings. The Hall–Kier alpha value is -2.47. The summed E-state index contributed by atoms with van der Waals surface area (Å²) in [6.07, 6.45) is 1.61. The summed E-state index contributed by atoms with van der Waals surface area (Å²) in [7, 11) is 0. The summed E-state index contributed by atoms with van der Waals surface area (Å²) in [4.78, 5) is 30.1. The van der Waals surface area contributed by atoms with E-state index in [1.807, 2.05) is 12.1 Å².